The highest BCUT2D eigenvalue weighted by molar-refractivity contribution is 5.68. The lowest BCUT2D eigenvalue weighted by atomic mass is 9.94. The summed E-state index contributed by atoms with van der Waals surface area (Å²) in [6, 6.07) is 0. The predicted octanol–water partition coefficient (Wildman–Crippen LogP) is 2.85. The van der Waals surface area contributed by atoms with Crippen LogP contribution in [-0.4, -0.2) is 35.9 Å². The molecule has 1 saturated heterocycles. The smallest absolute Gasteiger partial charge is 0.410 e. The van der Waals surface area contributed by atoms with Crippen molar-refractivity contribution in [1.29, 1.82) is 0 Å². The van der Waals surface area contributed by atoms with Gasteiger partial charge < -0.3 is 9.64 Å². The summed E-state index contributed by atoms with van der Waals surface area (Å²) in [6.45, 7) is 10.0. The Balaban J connectivity index is 2.55. The first kappa shape index (κ1) is 13.3. The molecular weight excluding hydrogens is 209 g/mol. The first-order valence-electron chi connectivity index (χ1n) is 5.82. The van der Waals surface area contributed by atoms with E-state index in [4.69, 9.17) is 4.74 Å². The minimum Gasteiger partial charge on any atom is -0.444 e. The Morgan fingerprint density at radius 2 is 1.94 bits per heavy atom. The SMILES string of the molecule is CC(C)[C@H]1CN(C(=O)OC(C)(C)C)C[C@H]1F. The molecule has 1 rings (SSSR count). The van der Waals surface area contributed by atoms with Crippen molar-refractivity contribution in [3.63, 3.8) is 0 Å². The zero-order valence-electron chi connectivity index (χ0n) is 10.8. The van der Waals surface area contributed by atoms with Crippen LogP contribution in [0.1, 0.15) is 34.6 Å². The average molecular weight is 231 g/mol. The molecule has 2 atom stereocenters. The van der Waals surface area contributed by atoms with E-state index >= 15 is 0 Å². The molecule has 1 aliphatic heterocycles. The van der Waals surface area contributed by atoms with Crippen LogP contribution in [0.3, 0.4) is 0 Å². The summed E-state index contributed by atoms with van der Waals surface area (Å²) in [5.74, 6) is 0.190. The van der Waals surface area contributed by atoms with Crippen molar-refractivity contribution in [1.82, 2.24) is 4.90 Å². The molecule has 1 heterocycles. The van der Waals surface area contributed by atoms with E-state index in [1.54, 1.807) is 0 Å². The molecule has 0 aliphatic carbocycles. The number of ether oxygens (including phenoxy) is 1. The Morgan fingerprint density at radius 1 is 1.38 bits per heavy atom. The van der Waals surface area contributed by atoms with Crippen molar-refractivity contribution in [2.75, 3.05) is 13.1 Å². The van der Waals surface area contributed by atoms with Gasteiger partial charge in [0.2, 0.25) is 0 Å². The largest absolute Gasteiger partial charge is 0.444 e. The van der Waals surface area contributed by atoms with Gasteiger partial charge in [-0.2, -0.15) is 0 Å². The van der Waals surface area contributed by atoms with E-state index in [1.807, 2.05) is 34.6 Å². The monoisotopic (exact) mass is 231 g/mol. The molecule has 3 nitrogen and oxygen atoms in total. The summed E-state index contributed by atoms with van der Waals surface area (Å²) in [4.78, 5) is 13.2. The van der Waals surface area contributed by atoms with Gasteiger partial charge in [-0.3, -0.25) is 0 Å². The number of rotatable bonds is 1. The first-order valence-corrected chi connectivity index (χ1v) is 5.82. The van der Waals surface area contributed by atoms with Crippen LogP contribution in [0.5, 0.6) is 0 Å². The topological polar surface area (TPSA) is 29.5 Å². The van der Waals surface area contributed by atoms with Crippen LogP contribution in [0, 0.1) is 11.8 Å². The molecule has 0 saturated carbocycles. The highest BCUT2D eigenvalue weighted by Crippen LogP contribution is 2.27. The number of halogens is 1. The molecular formula is C12H22FNO2. The Bertz CT molecular complexity index is 260. The molecule has 0 unspecified atom stereocenters. The maximum absolute atomic E-state index is 13.6. The second-order valence-electron chi connectivity index (χ2n) is 5.81. The predicted molar refractivity (Wildman–Crippen MR) is 61.0 cm³/mol. The molecule has 0 bridgehead atoms. The van der Waals surface area contributed by atoms with Crippen molar-refractivity contribution in [2.24, 2.45) is 11.8 Å². The van der Waals surface area contributed by atoms with Crippen molar-refractivity contribution in [3.8, 4) is 0 Å². The van der Waals surface area contributed by atoms with Gasteiger partial charge in [0.15, 0.2) is 0 Å². The summed E-state index contributed by atoms with van der Waals surface area (Å²) >= 11 is 0. The van der Waals surface area contributed by atoms with E-state index < -0.39 is 17.9 Å². The average Bonchev–Trinajstić information content (AvgIpc) is 2.44. The Hall–Kier alpha value is -0.800. The van der Waals surface area contributed by atoms with Crippen LogP contribution in [0.15, 0.2) is 0 Å². The second-order valence-corrected chi connectivity index (χ2v) is 5.81. The van der Waals surface area contributed by atoms with E-state index in [-0.39, 0.29) is 18.4 Å². The third-order valence-electron chi connectivity index (χ3n) is 2.80. The van der Waals surface area contributed by atoms with Gasteiger partial charge in [-0.05, 0) is 26.7 Å². The van der Waals surface area contributed by atoms with Gasteiger partial charge in [0.1, 0.15) is 11.8 Å². The maximum atomic E-state index is 13.6. The van der Waals surface area contributed by atoms with Crippen molar-refractivity contribution in [2.45, 2.75) is 46.4 Å². The number of hydrogen-bond donors (Lipinski definition) is 0. The van der Waals surface area contributed by atoms with Gasteiger partial charge >= 0.3 is 6.09 Å². The van der Waals surface area contributed by atoms with E-state index in [1.165, 1.54) is 4.90 Å². The fourth-order valence-electron chi connectivity index (χ4n) is 1.89. The third kappa shape index (κ3) is 3.35. The van der Waals surface area contributed by atoms with E-state index in [0.29, 0.717) is 6.54 Å². The molecule has 0 radical (unpaired) electrons. The van der Waals surface area contributed by atoms with E-state index in [9.17, 15) is 9.18 Å². The lowest BCUT2D eigenvalue weighted by Crippen LogP contribution is -2.35. The van der Waals surface area contributed by atoms with Crippen LogP contribution >= 0.6 is 0 Å². The molecule has 0 aromatic carbocycles. The molecule has 0 spiro atoms. The van der Waals surface area contributed by atoms with Gasteiger partial charge in [0, 0.05) is 12.5 Å². The maximum Gasteiger partial charge on any atom is 0.410 e. The number of nitrogens with zero attached hydrogens (tertiary/aromatic N) is 1. The van der Waals surface area contributed by atoms with Crippen molar-refractivity contribution in [3.05, 3.63) is 0 Å². The van der Waals surface area contributed by atoms with E-state index in [2.05, 4.69) is 0 Å². The molecule has 1 fully saturated rings. The normalized spacial score (nSPS) is 26.3. The van der Waals surface area contributed by atoms with Crippen LogP contribution in [0.2, 0.25) is 0 Å². The number of alkyl halides is 1. The highest BCUT2D eigenvalue weighted by atomic mass is 19.1. The van der Waals surface area contributed by atoms with Gasteiger partial charge in [-0.25, -0.2) is 9.18 Å². The summed E-state index contributed by atoms with van der Waals surface area (Å²) < 4.78 is 18.9. The van der Waals surface area contributed by atoms with Gasteiger partial charge in [0.05, 0.1) is 6.54 Å². The standard InChI is InChI=1S/C12H22FNO2/c1-8(2)9-6-14(7-10(9)13)11(15)16-12(3,4)5/h8-10H,6-7H2,1-5H3/t9-,10-/m1/s1. The lowest BCUT2D eigenvalue weighted by molar-refractivity contribution is 0.0279. The quantitative estimate of drug-likeness (QED) is 0.694. The second kappa shape index (κ2) is 4.60. The number of carbonyl (C=O) groups is 1. The molecule has 0 aromatic heterocycles. The molecule has 0 N–H and O–H groups in total. The minimum atomic E-state index is -0.924. The van der Waals surface area contributed by atoms with Crippen LogP contribution in [0.25, 0.3) is 0 Å². The number of amides is 1. The minimum absolute atomic E-state index is 0.0625. The van der Waals surface area contributed by atoms with Crippen LogP contribution in [0.4, 0.5) is 9.18 Å². The summed E-state index contributed by atoms with van der Waals surface area (Å²) in [6.07, 6.45) is -1.33. The molecule has 4 heteroatoms. The van der Waals surface area contributed by atoms with Crippen molar-refractivity contribution >= 4 is 6.09 Å². The van der Waals surface area contributed by atoms with Crippen LogP contribution < -0.4 is 0 Å². The third-order valence-corrected chi connectivity index (χ3v) is 2.80. The summed E-state index contributed by atoms with van der Waals surface area (Å²) in [5, 5.41) is 0. The van der Waals surface area contributed by atoms with Gasteiger partial charge in [-0.1, -0.05) is 13.8 Å². The fraction of sp³-hybridized carbons (Fsp3) is 0.917. The fourth-order valence-corrected chi connectivity index (χ4v) is 1.89. The number of carbonyl (C=O) groups excluding carboxylic acids is 1. The van der Waals surface area contributed by atoms with Crippen LogP contribution in [-0.2, 0) is 4.74 Å². The van der Waals surface area contributed by atoms with Gasteiger partial charge in [-0.15, -0.1) is 0 Å². The summed E-state index contributed by atoms with van der Waals surface area (Å²) in [7, 11) is 0. The first-order chi connectivity index (χ1) is 7.20. The number of likely N-dealkylation sites (tertiary alicyclic amines) is 1. The molecule has 1 amide bonds. The zero-order chi connectivity index (χ0) is 12.5. The number of hydrogen-bond acceptors (Lipinski definition) is 2. The summed E-state index contributed by atoms with van der Waals surface area (Å²) in [5.41, 5.74) is -0.515. The lowest BCUT2D eigenvalue weighted by Gasteiger charge is -2.24. The highest BCUT2D eigenvalue weighted by Gasteiger charge is 2.38. The molecule has 0 aromatic rings. The van der Waals surface area contributed by atoms with Gasteiger partial charge in [0.25, 0.3) is 0 Å². The molecule has 1 aliphatic rings. The zero-order valence-corrected chi connectivity index (χ0v) is 10.8. The van der Waals surface area contributed by atoms with Crippen molar-refractivity contribution < 1.29 is 13.9 Å². The Kier molecular flexibility index (Phi) is 3.81. The Labute approximate surface area is 96.9 Å². The molecule has 16 heavy (non-hydrogen) atoms. The molecule has 94 valence electrons. The van der Waals surface area contributed by atoms with E-state index in [0.717, 1.165) is 0 Å². The Morgan fingerprint density at radius 3 is 2.31 bits per heavy atom.